The fraction of sp³-hybridized carbons (Fsp3) is 0. The Morgan fingerprint density at radius 2 is 0.610 bits per heavy atom. The second-order valence-corrected chi connectivity index (χ2v) is 19.5. The molecule has 4 heterocycles. The number of rotatable bonds is 11. The summed E-state index contributed by atoms with van der Waals surface area (Å²) < 4.78 is 0. The predicted molar refractivity (Wildman–Crippen MR) is 325 cm³/mol. The van der Waals surface area contributed by atoms with Gasteiger partial charge in [0.15, 0.2) is 34.9 Å². The van der Waals surface area contributed by atoms with Crippen LogP contribution in [0.2, 0.25) is 0 Å². The van der Waals surface area contributed by atoms with E-state index in [0.29, 0.717) is 57.7 Å². The van der Waals surface area contributed by atoms with Gasteiger partial charge in [-0.2, -0.15) is 15.2 Å². The van der Waals surface area contributed by atoms with Crippen molar-refractivity contribution in [2.24, 2.45) is 0 Å². The van der Waals surface area contributed by atoms with E-state index in [9.17, 15) is 5.26 Å². The number of hydrogen-bond donors (Lipinski definition) is 0. The van der Waals surface area contributed by atoms with Crippen molar-refractivity contribution in [2.75, 3.05) is 9.80 Å². The molecule has 0 bridgehead atoms. The van der Waals surface area contributed by atoms with Crippen molar-refractivity contribution in [3.63, 3.8) is 0 Å². The summed E-state index contributed by atoms with van der Waals surface area (Å²) in [6.45, 7) is 0. The Morgan fingerprint density at radius 3 is 1.04 bits per heavy atom. The highest BCUT2D eigenvalue weighted by Crippen LogP contribution is 2.57. The summed E-state index contributed by atoms with van der Waals surface area (Å²) in [5.41, 5.74) is 14.3. The summed E-state index contributed by atoms with van der Waals surface area (Å²) >= 11 is 0. The summed E-state index contributed by atoms with van der Waals surface area (Å²) in [6.07, 6.45) is 0. The average molecular weight is 1050 g/mol. The third-order valence-corrected chi connectivity index (χ3v) is 14.4. The lowest BCUT2D eigenvalue weighted by atomic mass is 9.88. The minimum absolute atomic E-state index is 0.449. The van der Waals surface area contributed by atoms with Crippen molar-refractivity contribution in [1.82, 2.24) is 39.9 Å². The minimum atomic E-state index is 0.449. The maximum Gasteiger partial charge on any atom is 0.238 e. The van der Waals surface area contributed by atoms with E-state index in [0.717, 1.165) is 84.2 Å². The molecule has 1 aliphatic heterocycles. The quantitative estimate of drug-likeness (QED) is 0.123. The highest BCUT2D eigenvalue weighted by Gasteiger charge is 2.35. The first-order valence-electron chi connectivity index (χ1n) is 26.8. The first-order valence-corrected chi connectivity index (χ1v) is 26.8. The summed E-state index contributed by atoms with van der Waals surface area (Å²) in [7, 11) is 0. The molecule has 0 N–H and O–H groups in total. The third kappa shape index (κ3) is 9.23. The van der Waals surface area contributed by atoms with Gasteiger partial charge in [0.05, 0.1) is 51.5 Å². The maximum atomic E-state index is 10.3. The molecule has 0 amide bonds. The van der Waals surface area contributed by atoms with Crippen LogP contribution in [0.15, 0.2) is 273 Å². The van der Waals surface area contributed by atoms with Crippen molar-refractivity contribution in [1.29, 1.82) is 5.26 Å². The van der Waals surface area contributed by atoms with Gasteiger partial charge in [-0.1, -0.05) is 218 Å². The van der Waals surface area contributed by atoms with E-state index >= 15 is 0 Å². The van der Waals surface area contributed by atoms with Gasteiger partial charge in [-0.05, 0) is 60.2 Å². The Kier molecular flexibility index (Phi) is 12.7. The number of anilines is 6. The second kappa shape index (κ2) is 21.3. The Labute approximate surface area is 473 Å². The van der Waals surface area contributed by atoms with Crippen LogP contribution in [0.5, 0.6) is 0 Å². The van der Waals surface area contributed by atoms with Gasteiger partial charge < -0.3 is 4.90 Å². The van der Waals surface area contributed by atoms with Crippen LogP contribution in [-0.2, 0) is 0 Å². The largest absolute Gasteiger partial charge is 0.306 e. The molecule has 11 heteroatoms. The number of nitrogens with zero attached hydrogens (tertiary/aromatic N) is 11. The molecule has 14 rings (SSSR count). The normalized spacial score (nSPS) is 11.6. The molecule has 1 aliphatic rings. The number of benzene rings is 10. The van der Waals surface area contributed by atoms with Crippen molar-refractivity contribution in [2.45, 2.75) is 0 Å². The molecule has 82 heavy (non-hydrogen) atoms. The first-order chi connectivity index (χ1) is 40.6. The van der Waals surface area contributed by atoms with Crippen molar-refractivity contribution >= 4 is 34.4 Å². The van der Waals surface area contributed by atoms with Crippen LogP contribution in [0.3, 0.4) is 0 Å². The Balaban J connectivity index is 1.08. The molecule has 0 saturated carbocycles. The highest BCUT2D eigenvalue weighted by atomic mass is 15.3. The van der Waals surface area contributed by atoms with Gasteiger partial charge in [0, 0.05) is 50.1 Å². The van der Waals surface area contributed by atoms with Crippen LogP contribution in [0.4, 0.5) is 34.4 Å². The number of para-hydroxylation sites is 4. The molecule has 13 aromatic rings. The van der Waals surface area contributed by atoms with Gasteiger partial charge in [-0.3, -0.25) is 4.90 Å². The molecular weight excluding hydrogens is 1010 g/mol. The molecular formula is C71H45N11. The second-order valence-electron chi connectivity index (χ2n) is 19.5. The van der Waals surface area contributed by atoms with Crippen molar-refractivity contribution in [3.05, 3.63) is 279 Å². The molecule has 0 spiro atoms. The molecule has 0 unspecified atom stereocenters. The SMILES string of the molecule is N#Cc1ccc(-c2c(-c3nc(-c4ccccc4)nc(-c4ccccc4)n3)ccc(N3c4ccccc4N(c4nc(-c5ccccc5)nc(-c5ccccc5)n4)c4ccccc43)c2-c2cc(-c3ccccc3)nc(-c3ccccc3)n2)cc1. The van der Waals surface area contributed by atoms with Crippen LogP contribution in [0.25, 0.3) is 102 Å². The molecule has 0 saturated heterocycles. The van der Waals surface area contributed by atoms with E-state index in [1.807, 2.05) is 206 Å². The van der Waals surface area contributed by atoms with Gasteiger partial charge in [0.2, 0.25) is 5.95 Å². The molecule has 0 radical (unpaired) electrons. The van der Waals surface area contributed by atoms with Crippen LogP contribution in [-0.4, -0.2) is 39.9 Å². The van der Waals surface area contributed by atoms with Crippen molar-refractivity contribution in [3.8, 4) is 108 Å². The highest BCUT2D eigenvalue weighted by molar-refractivity contribution is 6.07. The molecule has 3 aromatic heterocycles. The molecule has 384 valence electrons. The Morgan fingerprint density at radius 1 is 0.256 bits per heavy atom. The van der Waals surface area contributed by atoms with Gasteiger partial charge >= 0.3 is 0 Å². The van der Waals surface area contributed by atoms with Crippen LogP contribution in [0.1, 0.15) is 5.56 Å². The number of hydrogen-bond acceptors (Lipinski definition) is 11. The lowest BCUT2D eigenvalue weighted by molar-refractivity contribution is 1.01. The maximum absolute atomic E-state index is 10.3. The van der Waals surface area contributed by atoms with Gasteiger partial charge in [-0.15, -0.1) is 0 Å². The number of fused-ring (bicyclic) bond motifs is 2. The molecule has 0 fully saturated rings. The van der Waals surface area contributed by atoms with Crippen LogP contribution >= 0.6 is 0 Å². The van der Waals surface area contributed by atoms with E-state index in [-0.39, 0.29) is 0 Å². The van der Waals surface area contributed by atoms with E-state index in [4.69, 9.17) is 39.9 Å². The summed E-state index contributed by atoms with van der Waals surface area (Å²) in [5.74, 6) is 3.57. The summed E-state index contributed by atoms with van der Waals surface area (Å²) in [5, 5.41) is 10.3. The predicted octanol–water partition coefficient (Wildman–Crippen LogP) is 17.0. The van der Waals surface area contributed by atoms with Gasteiger partial charge in [0.25, 0.3) is 0 Å². The monoisotopic (exact) mass is 1050 g/mol. The van der Waals surface area contributed by atoms with E-state index in [2.05, 4.69) is 82.6 Å². The number of nitriles is 1. The van der Waals surface area contributed by atoms with Gasteiger partial charge in [0.1, 0.15) is 0 Å². The average Bonchev–Trinajstić information content (AvgIpc) is 2.51. The zero-order valence-electron chi connectivity index (χ0n) is 43.9. The Hall–Kier alpha value is -11.6. The molecule has 11 nitrogen and oxygen atoms in total. The van der Waals surface area contributed by atoms with E-state index in [1.165, 1.54) is 0 Å². The first kappa shape index (κ1) is 48.7. The fourth-order valence-electron chi connectivity index (χ4n) is 10.5. The van der Waals surface area contributed by atoms with E-state index in [1.54, 1.807) is 0 Å². The van der Waals surface area contributed by atoms with E-state index < -0.39 is 0 Å². The van der Waals surface area contributed by atoms with Crippen LogP contribution < -0.4 is 9.80 Å². The smallest absolute Gasteiger partial charge is 0.238 e. The van der Waals surface area contributed by atoms with Crippen molar-refractivity contribution < 1.29 is 0 Å². The number of aromatic nitrogens is 8. The third-order valence-electron chi connectivity index (χ3n) is 14.4. The zero-order valence-corrected chi connectivity index (χ0v) is 43.9. The minimum Gasteiger partial charge on any atom is -0.306 e. The molecule has 0 atom stereocenters. The van der Waals surface area contributed by atoms with Crippen LogP contribution in [0, 0.1) is 11.3 Å². The lowest BCUT2D eigenvalue weighted by Gasteiger charge is -2.40. The Bertz CT molecular complexity index is 4280. The fourth-order valence-corrected chi connectivity index (χ4v) is 10.5. The standard InChI is InChI=1S/C71H45N11/c72-46-47-39-41-49(42-40-47)63-55(70-77-66(51-27-11-3-12-28-51)75-67(78-70)52-29-13-4-14-30-52)43-44-62(64(63)57-45-56(48-23-7-1-8-24-48)73-65(74-57)50-25-9-2-10-26-50)81-58-35-19-21-37-60(58)82(61-38-22-20-36-59(61)81)71-79-68(53-31-15-5-16-32-53)76-69(80-71)54-33-17-6-18-34-54/h1-45H. The summed E-state index contributed by atoms with van der Waals surface area (Å²) in [6, 6.07) is 93.3. The lowest BCUT2D eigenvalue weighted by Crippen LogP contribution is -2.26. The topological polar surface area (TPSA) is 133 Å². The molecule has 0 aliphatic carbocycles. The molecule has 10 aromatic carbocycles. The van der Waals surface area contributed by atoms with Gasteiger partial charge in [-0.25, -0.2) is 29.9 Å². The summed E-state index contributed by atoms with van der Waals surface area (Å²) in [4.78, 5) is 46.8. The zero-order chi connectivity index (χ0) is 54.8.